The highest BCUT2D eigenvalue weighted by Crippen LogP contribution is 2.12. The van der Waals surface area contributed by atoms with Crippen molar-refractivity contribution in [3.8, 4) is 0 Å². The van der Waals surface area contributed by atoms with Crippen molar-refractivity contribution in [2.24, 2.45) is 11.1 Å². The van der Waals surface area contributed by atoms with Crippen LogP contribution in [0.25, 0.3) is 0 Å². The van der Waals surface area contributed by atoms with Crippen molar-refractivity contribution in [3.05, 3.63) is 0 Å². The van der Waals surface area contributed by atoms with Crippen LogP contribution in [0.2, 0.25) is 0 Å². The minimum Gasteiger partial charge on any atom is -0.338 e. The molecule has 2 amide bonds. The van der Waals surface area contributed by atoms with Gasteiger partial charge in [-0.1, -0.05) is 13.8 Å². The molecule has 0 aromatic rings. The fourth-order valence-electron chi connectivity index (χ4n) is 0.635. The summed E-state index contributed by atoms with van der Waals surface area (Å²) in [6.07, 6.45) is -4.39. The third-order valence-corrected chi connectivity index (χ3v) is 1.73. The molecule has 0 fully saturated rings. The molecule has 0 saturated carbocycles. The lowest BCUT2D eigenvalue weighted by atomic mass is 9.94. The van der Waals surface area contributed by atoms with Gasteiger partial charge >= 0.3 is 12.2 Å². The SMILES string of the molecule is CC(C)(CN)CNC(=O)NCC(F)(F)F. The molecule has 7 heteroatoms. The van der Waals surface area contributed by atoms with Gasteiger partial charge in [-0.2, -0.15) is 13.2 Å². The zero-order chi connectivity index (χ0) is 12.1. The Bertz CT molecular complexity index is 216. The van der Waals surface area contributed by atoms with Gasteiger partial charge in [0.2, 0.25) is 0 Å². The van der Waals surface area contributed by atoms with Crippen LogP contribution >= 0.6 is 0 Å². The predicted octanol–water partition coefficient (Wildman–Crippen LogP) is 0.833. The zero-order valence-corrected chi connectivity index (χ0v) is 8.74. The summed E-state index contributed by atoms with van der Waals surface area (Å²) in [6.45, 7) is 2.84. The van der Waals surface area contributed by atoms with Gasteiger partial charge in [0.15, 0.2) is 0 Å². The van der Waals surface area contributed by atoms with E-state index in [1.165, 1.54) is 0 Å². The van der Waals surface area contributed by atoms with Crippen LogP contribution in [-0.2, 0) is 0 Å². The summed E-state index contributed by atoms with van der Waals surface area (Å²) in [5, 5.41) is 4.02. The first kappa shape index (κ1) is 14.0. The summed E-state index contributed by atoms with van der Waals surface area (Å²) in [4.78, 5) is 10.9. The molecule has 0 spiro atoms. The van der Waals surface area contributed by atoms with Crippen LogP contribution in [0, 0.1) is 5.41 Å². The summed E-state index contributed by atoms with van der Waals surface area (Å²) >= 11 is 0. The number of rotatable bonds is 4. The van der Waals surface area contributed by atoms with Gasteiger partial charge in [-0.15, -0.1) is 0 Å². The molecule has 0 bridgehead atoms. The lowest BCUT2D eigenvalue weighted by Gasteiger charge is -2.22. The monoisotopic (exact) mass is 227 g/mol. The Kier molecular flexibility index (Phi) is 4.86. The maximum atomic E-state index is 11.7. The molecule has 90 valence electrons. The molecule has 15 heavy (non-hydrogen) atoms. The number of alkyl halides is 3. The van der Waals surface area contributed by atoms with Crippen molar-refractivity contribution in [2.45, 2.75) is 20.0 Å². The van der Waals surface area contributed by atoms with E-state index < -0.39 is 18.8 Å². The maximum Gasteiger partial charge on any atom is 0.405 e. The predicted molar refractivity (Wildman–Crippen MR) is 50.3 cm³/mol. The summed E-state index contributed by atoms with van der Waals surface area (Å²) in [7, 11) is 0. The molecule has 4 N–H and O–H groups in total. The summed E-state index contributed by atoms with van der Waals surface area (Å²) in [5.41, 5.74) is 5.06. The van der Waals surface area contributed by atoms with Gasteiger partial charge in [-0.05, 0) is 12.0 Å². The van der Waals surface area contributed by atoms with E-state index in [2.05, 4.69) is 5.32 Å². The highest BCUT2D eigenvalue weighted by atomic mass is 19.4. The number of amides is 2. The van der Waals surface area contributed by atoms with Crippen LogP contribution in [-0.4, -0.2) is 31.8 Å². The van der Waals surface area contributed by atoms with Gasteiger partial charge in [-0.3, -0.25) is 0 Å². The van der Waals surface area contributed by atoms with Gasteiger partial charge in [0.05, 0.1) is 0 Å². The van der Waals surface area contributed by atoms with E-state index in [9.17, 15) is 18.0 Å². The molecule has 0 aromatic carbocycles. The average molecular weight is 227 g/mol. The topological polar surface area (TPSA) is 67.1 Å². The second-order valence-corrected chi connectivity index (χ2v) is 4.02. The second kappa shape index (κ2) is 5.20. The fourth-order valence-corrected chi connectivity index (χ4v) is 0.635. The van der Waals surface area contributed by atoms with E-state index in [1.54, 1.807) is 19.2 Å². The van der Waals surface area contributed by atoms with Crippen molar-refractivity contribution < 1.29 is 18.0 Å². The Morgan fingerprint density at radius 1 is 1.20 bits per heavy atom. The molecule has 0 aliphatic rings. The van der Waals surface area contributed by atoms with Crippen molar-refractivity contribution in [1.29, 1.82) is 0 Å². The van der Waals surface area contributed by atoms with Crippen LogP contribution in [0.4, 0.5) is 18.0 Å². The van der Waals surface area contributed by atoms with Crippen LogP contribution in [0.5, 0.6) is 0 Å². The molecule has 0 unspecified atom stereocenters. The molecule has 0 heterocycles. The molecule has 4 nitrogen and oxygen atoms in total. The molecule has 0 aliphatic carbocycles. The highest BCUT2D eigenvalue weighted by molar-refractivity contribution is 5.73. The van der Waals surface area contributed by atoms with Gasteiger partial charge in [0.25, 0.3) is 0 Å². The Balaban J connectivity index is 3.77. The number of nitrogens with one attached hydrogen (secondary N) is 2. The van der Waals surface area contributed by atoms with Gasteiger partial charge in [-0.25, -0.2) is 4.79 Å². The standard InChI is InChI=1S/C8H16F3N3O/c1-7(2,3-12)4-13-6(15)14-5-8(9,10)11/h3-5,12H2,1-2H3,(H2,13,14,15). The summed E-state index contributed by atoms with van der Waals surface area (Å²) < 4.78 is 35.1. The Labute approximate surface area is 86.4 Å². The molecular formula is C8H16F3N3O. The molecular weight excluding hydrogens is 211 g/mol. The van der Waals surface area contributed by atoms with Crippen LogP contribution in [0.1, 0.15) is 13.8 Å². The van der Waals surface area contributed by atoms with Gasteiger partial charge in [0.1, 0.15) is 6.54 Å². The number of carbonyl (C=O) groups is 1. The van der Waals surface area contributed by atoms with E-state index in [-0.39, 0.29) is 12.0 Å². The largest absolute Gasteiger partial charge is 0.405 e. The molecule has 0 saturated heterocycles. The van der Waals surface area contributed by atoms with Crippen LogP contribution < -0.4 is 16.4 Å². The number of halogens is 3. The minimum atomic E-state index is -4.39. The van der Waals surface area contributed by atoms with Crippen molar-refractivity contribution in [3.63, 3.8) is 0 Å². The van der Waals surface area contributed by atoms with Crippen molar-refractivity contribution in [1.82, 2.24) is 10.6 Å². The second-order valence-electron chi connectivity index (χ2n) is 4.02. The average Bonchev–Trinajstić information content (AvgIpc) is 2.10. The van der Waals surface area contributed by atoms with E-state index in [1.807, 2.05) is 0 Å². The number of urea groups is 1. The number of hydrogen-bond donors (Lipinski definition) is 3. The smallest absolute Gasteiger partial charge is 0.338 e. The maximum absolute atomic E-state index is 11.7. The summed E-state index contributed by atoms with van der Waals surface area (Å²) in [5.74, 6) is 0. The Hall–Kier alpha value is -0.980. The van der Waals surface area contributed by atoms with Gasteiger partial charge < -0.3 is 16.4 Å². The molecule has 0 atom stereocenters. The van der Waals surface area contributed by atoms with Crippen LogP contribution in [0.3, 0.4) is 0 Å². The third-order valence-electron chi connectivity index (χ3n) is 1.73. The van der Waals surface area contributed by atoms with Gasteiger partial charge in [0, 0.05) is 6.54 Å². The quantitative estimate of drug-likeness (QED) is 0.666. The normalized spacial score (nSPS) is 12.4. The highest BCUT2D eigenvalue weighted by Gasteiger charge is 2.27. The third kappa shape index (κ3) is 8.04. The zero-order valence-electron chi connectivity index (χ0n) is 8.74. The van der Waals surface area contributed by atoms with E-state index in [0.717, 1.165) is 0 Å². The van der Waals surface area contributed by atoms with Crippen molar-refractivity contribution in [2.75, 3.05) is 19.6 Å². The first-order valence-electron chi connectivity index (χ1n) is 4.45. The number of hydrogen-bond acceptors (Lipinski definition) is 2. The van der Waals surface area contributed by atoms with Crippen molar-refractivity contribution >= 4 is 6.03 Å². The lowest BCUT2D eigenvalue weighted by Crippen LogP contribution is -2.45. The van der Waals surface area contributed by atoms with E-state index in [0.29, 0.717) is 6.54 Å². The first-order valence-corrected chi connectivity index (χ1v) is 4.45. The Morgan fingerprint density at radius 3 is 2.07 bits per heavy atom. The fraction of sp³-hybridized carbons (Fsp3) is 0.875. The summed E-state index contributed by atoms with van der Waals surface area (Å²) in [6, 6.07) is -0.839. The van der Waals surface area contributed by atoms with E-state index in [4.69, 9.17) is 5.73 Å². The minimum absolute atomic E-state index is 0.229. The molecule has 0 aliphatic heterocycles. The van der Waals surface area contributed by atoms with E-state index >= 15 is 0 Å². The molecule has 0 radical (unpaired) electrons. The molecule has 0 aromatic heterocycles. The first-order chi connectivity index (χ1) is 6.66. The lowest BCUT2D eigenvalue weighted by molar-refractivity contribution is -0.122. The number of nitrogens with two attached hydrogens (primary N) is 1. The van der Waals surface area contributed by atoms with Crippen LogP contribution in [0.15, 0.2) is 0 Å². The molecule has 0 rings (SSSR count). The number of carbonyl (C=O) groups excluding carboxylic acids is 1. The Morgan fingerprint density at radius 2 is 1.67 bits per heavy atom.